The number of anilines is 1. The number of aryl methyl sites for hydroxylation is 1. The van der Waals surface area contributed by atoms with E-state index < -0.39 is 0 Å². The molecule has 1 aliphatic carbocycles. The molecule has 0 bridgehead atoms. The molecular formula is C24H30N6. The Balaban J connectivity index is 1.39. The SMILES string of the molecule is CC(C)=CCCC1=CCC(/C=N/Nc2nnc3c(n2)[nH]c2ccc(C)cc23)C(C)C1. The Labute approximate surface area is 177 Å². The second-order valence-electron chi connectivity index (χ2n) is 8.66. The van der Waals surface area contributed by atoms with E-state index in [9.17, 15) is 0 Å². The van der Waals surface area contributed by atoms with E-state index in [2.05, 4.69) is 82.7 Å². The van der Waals surface area contributed by atoms with Gasteiger partial charge in [0.25, 0.3) is 5.95 Å². The summed E-state index contributed by atoms with van der Waals surface area (Å²) in [6.45, 7) is 8.69. The molecule has 4 rings (SSSR count). The number of aromatic nitrogens is 4. The predicted octanol–water partition coefficient (Wildman–Crippen LogP) is 5.93. The van der Waals surface area contributed by atoms with E-state index in [1.165, 1.54) is 17.6 Å². The molecule has 2 N–H and O–H groups in total. The van der Waals surface area contributed by atoms with E-state index in [1.54, 1.807) is 5.57 Å². The summed E-state index contributed by atoms with van der Waals surface area (Å²) in [4.78, 5) is 7.84. The number of nitrogens with zero attached hydrogens (tertiary/aromatic N) is 4. The summed E-state index contributed by atoms with van der Waals surface area (Å²) in [5.41, 5.74) is 9.64. The van der Waals surface area contributed by atoms with Crippen molar-refractivity contribution in [2.24, 2.45) is 16.9 Å². The van der Waals surface area contributed by atoms with E-state index in [4.69, 9.17) is 0 Å². The lowest BCUT2D eigenvalue weighted by Crippen LogP contribution is -2.18. The molecule has 0 amide bonds. The molecule has 2 unspecified atom stereocenters. The number of aromatic amines is 1. The van der Waals surface area contributed by atoms with E-state index in [0.29, 0.717) is 17.8 Å². The number of H-pyrrole nitrogens is 1. The van der Waals surface area contributed by atoms with Gasteiger partial charge in [-0.05, 0) is 64.5 Å². The second kappa shape index (κ2) is 8.78. The molecule has 6 nitrogen and oxygen atoms in total. The number of hydrogen-bond acceptors (Lipinski definition) is 5. The first-order chi connectivity index (χ1) is 14.5. The van der Waals surface area contributed by atoms with Crippen LogP contribution < -0.4 is 5.43 Å². The Bertz CT molecular complexity index is 1130. The minimum atomic E-state index is 0.406. The van der Waals surface area contributed by atoms with E-state index >= 15 is 0 Å². The van der Waals surface area contributed by atoms with Gasteiger partial charge in [-0.3, -0.25) is 0 Å². The zero-order valence-corrected chi connectivity index (χ0v) is 18.2. The molecule has 0 aliphatic heterocycles. The maximum absolute atomic E-state index is 4.53. The lowest BCUT2D eigenvalue weighted by Gasteiger charge is -2.25. The molecule has 3 aromatic rings. The maximum Gasteiger partial charge on any atom is 0.265 e. The molecular weight excluding hydrogens is 372 g/mol. The summed E-state index contributed by atoms with van der Waals surface area (Å²) in [6.07, 6.45) is 11.2. The molecule has 2 atom stereocenters. The minimum absolute atomic E-state index is 0.406. The highest BCUT2D eigenvalue weighted by atomic mass is 15.4. The van der Waals surface area contributed by atoms with Crippen molar-refractivity contribution in [3.63, 3.8) is 0 Å². The van der Waals surface area contributed by atoms with Crippen LogP contribution in [-0.4, -0.2) is 26.4 Å². The molecule has 0 saturated carbocycles. The van der Waals surface area contributed by atoms with Crippen LogP contribution in [0.4, 0.5) is 5.95 Å². The monoisotopic (exact) mass is 402 g/mol. The number of rotatable bonds is 6. The van der Waals surface area contributed by atoms with Crippen LogP contribution in [0.15, 0.2) is 46.6 Å². The Morgan fingerprint density at radius 3 is 2.97 bits per heavy atom. The highest BCUT2D eigenvalue weighted by Crippen LogP contribution is 2.30. The van der Waals surface area contributed by atoms with Gasteiger partial charge in [-0.1, -0.05) is 41.9 Å². The van der Waals surface area contributed by atoms with E-state index in [0.717, 1.165) is 41.3 Å². The molecule has 0 radical (unpaired) electrons. The lowest BCUT2D eigenvalue weighted by atomic mass is 9.80. The topological polar surface area (TPSA) is 78.8 Å². The fourth-order valence-corrected chi connectivity index (χ4v) is 4.06. The third kappa shape index (κ3) is 4.58. The van der Waals surface area contributed by atoms with Gasteiger partial charge < -0.3 is 4.98 Å². The quantitative estimate of drug-likeness (QED) is 0.304. The number of nitrogens with one attached hydrogen (secondary N) is 2. The number of fused-ring (bicyclic) bond motifs is 3. The van der Waals surface area contributed by atoms with Crippen LogP contribution in [0.1, 0.15) is 52.0 Å². The summed E-state index contributed by atoms with van der Waals surface area (Å²) < 4.78 is 0. The van der Waals surface area contributed by atoms with E-state index in [1.807, 2.05) is 12.3 Å². The number of allylic oxidation sites excluding steroid dienone is 4. The first-order valence-corrected chi connectivity index (χ1v) is 10.7. The number of benzene rings is 1. The summed E-state index contributed by atoms with van der Waals surface area (Å²) in [5, 5.41) is 14.0. The maximum atomic E-state index is 4.53. The van der Waals surface area contributed by atoms with Crippen molar-refractivity contribution < 1.29 is 0 Å². The van der Waals surface area contributed by atoms with Crippen LogP contribution in [0.3, 0.4) is 0 Å². The fraction of sp³-hybridized carbons (Fsp3) is 0.417. The van der Waals surface area contributed by atoms with Crippen LogP contribution in [0.5, 0.6) is 0 Å². The zero-order valence-electron chi connectivity index (χ0n) is 18.2. The van der Waals surface area contributed by atoms with Crippen molar-refractivity contribution in [3.05, 3.63) is 47.1 Å². The second-order valence-corrected chi connectivity index (χ2v) is 8.66. The third-order valence-electron chi connectivity index (χ3n) is 5.81. The highest BCUT2D eigenvalue weighted by molar-refractivity contribution is 6.03. The van der Waals surface area contributed by atoms with Gasteiger partial charge in [-0.2, -0.15) is 10.1 Å². The molecule has 0 saturated heterocycles. The average Bonchev–Trinajstić information content (AvgIpc) is 3.06. The van der Waals surface area contributed by atoms with Crippen LogP contribution >= 0.6 is 0 Å². The summed E-state index contributed by atoms with van der Waals surface area (Å²) in [5.74, 6) is 1.42. The lowest BCUT2D eigenvalue weighted by molar-refractivity contribution is 0.431. The highest BCUT2D eigenvalue weighted by Gasteiger charge is 2.20. The smallest absolute Gasteiger partial charge is 0.265 e. The van der Waals surface area contributed by atoms with Crippen molar-refractivity contribution in [2.45, 2.75) is 53.4 Å². The normalized spacial score (nSPS) is 19.4. The standard InChI is InChI=1S/C24H30N6/c1-15(2)6-5-7-18-9-10-19(17(4)13-18)14-25-29-24-27-23-22(28-30-24)20-12-16(3)8-11-21(20)26-23/h6,8-9,11-12,14,17,19H,5,7,10,13H2,1-4H3,(H2,26,27,29,30)/b25-14+. The summed E-state index contributed by atoms with van der Waals surface area (Å²) >= 11 is 0. The summed E-state index contributed by atoms with van der Waals surface area (Å²) in [7, 11) is 0. The van der Waals surface area contributed by atoms with Crippen LogP contribution in [0.2, 0.25) is 0 Å². The Morgan fingerprint density at radius 1 is 1.30 bits per heavy atom. The van der Waals surface area contributed by atoms with Gasteiger partial charge in [0, 0.05) is 23.0 Å². The van der Waals surface area contributed by atoms with Crippen molar-refractivity contribution in [2.75, 3.05) is 5.43 Å². The molecule has 30 heavy (non-hydrogen) atoms. The van der Waals surface area contributed by atoms with Gasteiger partial charge in [0.2, 0.25) is 0 Å². The first-order valence-electron chi connectivity index (χ1n) is 10.7. The van der Waals surface area contributed by atoms with Crippen molar-refractivity contribution in [1.82, 2.24) is 20.2 Å². The van der Waals surface area contributed by atoms with Gasteiger partial charge in [0.1, 0.15) is 5.52 Å². The molecule has 2 heterocycles. The van der Waals surface area contributed by atoms with Gasteiger partial charge in [-0.25, -0.2) is 5.43 Å². The molecule has 2 aromatic heterocycles. The predicted molar refractivity (Wildman–Crippen MR) is 125 cm³/mol. The van der Waals surface area contributed by atoms with Crippen LogP contribution in [0.25, 0.3) is 22.1 Å². The van der Waals surface area contributed by atoms with Gasteiger partial charge in [-0.15, -0.1) is 10.2 Å². The van der Waals surface area contributed by atoms with Gasteiger partial charge >= 0.3 is 0 Å². The Hall–Kier alpha value is -3.02. The Morgan fingerprint density at radius 2 is 2.17 bits per heavy atom. The third-order valence-corrected chi connectivity index (χ3v) is 5.81. The van der Waals surface area contributed by atoms with Crippen molar-refractivity contribution in [1.29, 1.82) is 0 Å². The fourth-order valence-electron chi connectivity index (χ4n) is 4.06. The number of hydrogen-bond donors (Lipinski definition) is 2. The molecule has 0 spiro atoms. The minimum Gasteiger partial charge on any atom is -0.338 e. The Kier molecular flexibility index (Phi) is 5.93. The van der Waals surface area contributed by atoms with Gasteiger partial charge in [0.15, 0.2) is 5.65 Å². The van der Waals surface area contributed by atoms with Crippen LogP contribution in [0, 0.1) is 18.8 Å². The zero-order chi connectivity index (χ0) is 21.1. The van der Waals surface area contributed by atoms with Gasteiger partial charge in [0.05, 0.1) is 0 Å². The average molecular weight is 403 g/mol. The summed E-state index contributed by atoms with van der Waals surface area (Å²) in [6, 6.07) is 6.22. The number of hydrazone groups is 1. The largest absolute Gasteiger partial charge is 0.338 e. The molecule has 6 heteroatoms. The van der Waals surface area contributed by atoms with Crippen molar-refractivity contribution in [3.8, 4) is 0 Å². The molecule has 0 fully saturated rings. The van der Waals surface area contributed by atoms with Crippen molar-refractivity contribution >= 4 is 34.2 Å². The molecule has 1 aromatic carbocycles. The van der Waals surface area contributed by atoms with E-state index in [-0.39, 0.29) is 0 Å². The van der Waals surface area contributed by atoms with Crippen LogP contribution in [-0.2, 0) is 0 Å². The molecule has 1 aliphatic rings. The molecule has 156 valence electrons. The first kappa shape index (κ1) is 20.3.